The van der Waals surface area contributed by atoms with Gasteiger partial charge in [-0.3, -0.25) is 4.90 Å². The van der Waals surface area contributed by atoms with E-state index in [1.807, 2.05) is 12.1 Å². The minimum atomic E-state index is 0.327. The van der Waals surface area contributed by atoms with Gasteiger partial charge in [-0.2, -0.15) is 0 Å². The Morgan fingerprint density at radius 2 is 1.76 bits per heavy atom. The molecule has 110 valence electrons. The predicted octanol–water partition coefficient (Wildman–Crippen LogP) is 2.76. The molecule has 2 aromatic rings. The number of phenols is 1. The molecule has 0 saturated carbocycles. The predicted molar refractivity (Wildman–Crippen MR) is 85.1 cm³/mol. The van der Waals surface area contributed by atoms with E-state index < -0.39 is 0 Å². The fourth-order valence-electron chi connectivity index (χ4n) is 2.86. The molecule has 21 heavy (non-hydrogen) atoms. The minimum Gasteiger partial charge on any atom is -0.508 e. The Hall–Kier alpha value is -1.84. The van der Waals surface area contributed by atoms with Crippen molar-refractivity contribution in [2.24, 2.45) is 0 Å². The maximum absolute atomic E-state index is 9.28. The first-order valence-corrected chi connectivity index (χ1v) is 7.57. The van der Waals surface area contributed by atoms with Crippen LogP contribution in [-0.2, 0) is 13.1 Å². The topological polar surface area (TPSA) is 35.5 Å². The van der Waals surface area contributed by atoms with Gasteiger partial charge in [0.25, 0.3) is 0 Å². The van der Waals surface area contributed by atoms with Crippen molar-refractivity contribution in [1.82, 2.24) is 10.2 Å². The normalized spacial score (nSPS) is 19.0. The maximum Gasteiger partial charge on any atom is 0.115 e. The highest BCUT2D eigenvalue weighted by molar-refractivity contribution is 5.25. The number of nitrogens with one attached hydrogen (secondary N) is 1. The molecule has 1 fully saturated rings. The van der Waals surface area contributed by atoms with Crippen molar-refractivity contribution >= 4 is 0 Å². The molecule has 1 atom stereocenters. The largest absolute Gasteiger partial charge is 0.508 e. The van der Waals surface area contributed by atoms with Gasteiger partial charge in [0.15, 0.2) is 0 Å². The second-order valence-electron chi connectivity index (χ2n) is 5.75. The fraction of sp³-hybridized carbons (Fsp3) is 0.333. The van der Waals surface area contributed by atoms with Gasteiger partial charge in [-0.15, -0.1) is 0 Å². The van der Waals surface area contributed by atoms with E-state index in [4.69, 9.17) is 0 Å². The first kappa shape index (κ1) is 14.1. The Balaban J connectivity index is 1.45. The van der Waals surface area contributed by atoms with Crippen molar-refractivity contribution in [1.29, 1.82) is 0 Å². The number of hydrogen-bond acceptors (Lipinski definition) is 3. The van der Waals surface area contributed by atoms with E-state index in [0.717, 1.165) is 26.2 Å². The summed E-state index contributed by atoms with van der Waals surface area (Å²) in [5.41, 5.74) is 2.60. The summed E-state index contributed by atoms with van der Waals surface area (Å²) in [4.78, 5) is 2.50. The summed E-state index contributed by atoms with van der Waals surface area (Å²) in [6.07, 6.45) is 1.20. The Bertz CT molecular complexity index is 553. The van der Waals surface area contributed by atoms with E-state index in [2.05, 4.69) is 40.5 Å². The molecule has 3 rings (SSSR count). The van der Waals surface area contributed by atoms with Crippen molar-refractivity contribution in [3.05, 3.63) is 65.7 Å². The second-order valence-corrected chi connectivity index (χ2v) is 5.75. The number of likely N-dealkylation sites (tertiary alicyclic amines) is 1. The molecule has 3 heteroatoms. The molecule has 1 aliphatic heterocycles. The molecule has 3 nitrogen and oxygen atoms in total. The van der Waals surface area contributed by atoms with Gasteiger partial charge in [-0.05, 0) is 29.7 Å². The van der Waals surface area contributed by atoms with Crippen molar-refractivity contribution in [3.63, 3.8) is 0 Å². The van der Waals surface area contributed by atoms with Crippen LogP contribution >= 0.6 is 0 Å². The molecule has 2 N–H and O–H groups in total. The molecule has 1 aliphatic rings. The highest BCUT2D eigenvalue weighted by Gasteiger charge is 2.21. The lowest BCUT2D eigenvalue weighted by Crippen LogP contribution is -2.31. The zero-order valence-electron chi connectivity index (χ0n) is 12.2. The summed E-state index contributed by atoms with van der Waals surface area (Å²) < 4.78 is 0. The average molecular weight is 282 g/mol. The Kier molecular flexibility index (Phi) is 4.53. The van der Waals surface area contributed by atoms with Crippen LogP contribution in [0.4, 0.5) is 0 Å². The third-order valence-electron chi connectivity index (χ3n) is 4.05. The van der Waals surface area contributed by atoms with Gasteiger partial charge in [0.1, 0.15) is 5.75 Å². The van der Waals surface area contributed by atoms with Crippen LogP contribution in [-0.4, -0.2) is 29.1 Å². The number of hydrogen-bond donors (Lipinski definition) is 2. The summed E-state index contributed by atoms with van der Waals surface area (Å²) >= 11 is 0. The van der Waals surface area contributed by atoms with Gasteiger partial charge in [0.2, 0.25) is 0 Å². The molecular formula is C18H22N2O. The van der Waals surface area contributed by atoms with Crippen LogP contribution < -0.4 is 5.32 Å². The van der Waals surface area contributed by atoms with Crippen LogP contribution in [0.25, 0.3) is 0 Å². The molecule has 0 radical (unpaired) electrons. The monoisotopic (exact) mass is 282 g/mol. The molecule has 0 bridgehead atoms. The molecule has 0 spiro atoms. The molecular weight excluding hydrogens is 260 g/mol. The first-order chi connectivity index (χ1) is 10.3. The highest BCUT2D eigenvalue weighted by atomic mass is 16.3. The van der Waals surface area contributed by atoms with E-state index >= 15 is 0 Å². The van der Waals surface area contributed by atoms with Crippen LogP contribution in [0, 0.1) is 0 Å². The summed E-state index contributed by atoms with van der Waals surface area (Å²) in [6.45, 7) is 4.16. The SMILES string of the molecule is Oc1ccc(CN[C@@H]2CCN(Cc3ccccc3)C2)cc1. The molecule has 1 heterocycles. The molecule has 0 amide bonds. The average Bonchev–Trinajstić information content (AvgIpc) is 2.95. The zero-order valence-corrected chi connectivity index (χ0v) is 12.2. The number of aromatic hydroxyl groups is 1. The Labute approximate surface area is 126 Å². The van der Waals surface area contributed by atoms with E-state index in [9.17, 15) is 5.11 Å². The molecule has 2 aromatic carbocycles. The molecule has 0 aromatic heterocycles. The highest BCUT2D eigenvalue weighted by Crippen LogP contribution is 2.15. The van der Waals surface area contributed by atoms with Crippen LogP contribution in [0.2, 0.25) is 0 Å². The van der Waals surface area contributed by atoms with Gasteiger partial charge in [-0.1, -0.05) is 42.5 Å². The fourth-order valence-corrected chi connectivity index (χ4v) is 2.86. The van der Waals surface area contributed by atoms with E-state index in [1.54, 1.807) is 12.1 Å². The molecule has 0 aliphatic carbocycles. The van der Waals surface area contributed by atoms with Crippen LogP contribution in [0.1, 0.15) is 17.5 Å². The smallest absolute Gasteiger partial charge is 0.115 e. The number of phenolic OH excluding ortho intramolecular Hbond substituents is 1. The summed E-state index contributed by atoms with van der Waals surface area (Å²) in [5.74, 6) is 0.327. The van der Waals surface area contributed by atoms with Crippen molar-refractivity contribution in [2.75, 3.05) is 13.1 Å². The standard InChI is InChI=1S/C18H22N2O/c21-18-8-6-15(7-9-18)12-19-17-10-11-20(14-17)13-16-4-2-1-3-5-16/h1-9,17,19,21H,10-14H2/t17-/m1/s1. The van der Waals surface area contributed by atoms with Gasteiger partial charge in [0, 0.05) is 32.2 Å². The third kappa shape index (κ3) is 4.06. The van der Waals surface area contributed by atoms with Crippen LogP contribution in [0.15, 0.2) is 54.6 Å². The lowest BCUT2D eigenvalue weighted by Gasteiger charge is -2.17. The van der Waals surface area contributed by atoms with E-state index in [0.29, 0.717) is 11.8 Å². The van der Waals surface area contributed by atoms with Gasteiger partial charge in [-0.25, -0.2) is 0 Å². The van der Waals surface area contributed by atoms with Crippen molar-refractivity contribution in [2.45, 2.75) is 25.6 Å². The number of rotatable bonds is 5. The Morgan fingerprint density at radius 3 is 2.52 bits per heavy atom. The quantitative estimate of drug-likeness (QED) is 0.885. The third-order valence-corrected chi connectivity index (χ3v) is 4.05. The number of benzene rings is 2. The Morgan fingerprint density at radius 1 is 1.00 bits per heavy atom. The maximum atomic E-state index is 9.28. The lowest BCUT2D eigenvalue weighted by molar-refractivity contribution is 0.320. The first-order valence-electron chi connectivity index (χ1n) is 7.57. The molecule has 0 unspecified atom stereocenters. The van der Waals surface area contributed by atoms with E-state index in [1.165, 1.54) is 17.5 Å². The van der Waals surface area contributed by atoms with Crippen LogP contribution in [0.5, 0.6) is 5.75 Å². The molecule has 1 saturated heterocycles. The second kappa shape index (κ2) is 6.74. The van der Waals surface area contributed by atoms with Crippen molar-refractivity contribution in [3.8, 4) is 5.75 Å². The van der Waals surface area contributed by atoms with Gasteiger partial charge in [0.05, 0.1) is 0 Å². The van der Waals surface area contributed by atoms with Crippen molar-refractivity contribution < 1.29 is 5.11 Å². The van der Waals surface area contributed by atoms with Gasteiger partial charge >= 0.3 is 0 Å². The summed E-state index contributed by atoms with van der Waals surface area (Å²) in [7, 11) is 0. The number of nitrogens with zero attached hydrogens (tertiary/aromatic N) is 1. The van der Waals surface area contributed by atoms with E-state index in [-0.39, 0.29) is 0 Å². The van der Waals surface area contributed by atoms with Crippen LogP contribution in [0.3, 0.4) is 0 Å². The lowest BCUT2D eigenvalue weighted by atomic mass is 10.2. The minimum absolute atomic E-state index is 0.327. The van der Waals surface area contributed by atoms with Gasteiger partial charge < -0.3 is 10.4 Å². The summed E-state index contributed by atoms with van der Waals surface area (Å²) in [5, 5.41) is 12.9. The zero-order chi connectivity index (χ0) is 14.5. The summed E-state index contributed by atoms with van der Waals surface area (Å²) in [6, 6.07) is 18.6.